The molecular weight excluding hydrogens is 452 g/mol. The lowest BCUT2D eigenvalue weighted by Gasteiger charge is -2.55. The van der Waals surface area contributed by atoms with Gasteiger partial charge in [0, 0.05) is 41.7 Å². The van der Waals surface area contributed by atoms with Crippen LogP contribution in [0.15, 0.2) is 15.3 Å². The van der Waals surface area contributed by atoms with E-state index in [1.165, 1.54) is 6.07 Å². The fourth-order valence-electron chi connectivity index (χ4n) is 6.57. The number of fused-ring (bicyclic) bond motifs is 2. The Morgan fingerprint density at radius 3 is 2.31 bits per heavy atom. The standard InChI is InChI=1S/C27H36O8/c1-7-9-17(28)32-16-11-12-26(5)24-23(35-25(26)31)22(33-18(29)10-8-2)20-15(27(16,24)6)13-19(30)34-21(20)14(3)4/h13-14,16,22-24H,7-12H2,1-6H3/t16-,22-,23-,24+,26+,27+/m1/s1. The van der Waals surface area contributed by atoms with Crippen molar-refractivity contribution >= 4 is 17.9 Å². The predicted molar refractivity (Wildman–Crippen MR) is 126 cm³/mol. The van der Waals surface area contributed by atoms with Gasteiger partial charge in [-0.1, -0.05) is 34.6 Å². The summed E-state index contributed by atoms with van der Waals surface area (Å²) >= 11 is 0. The highest BCUT2D eigenvalue weighted by Gasteiger charge is 2.71. The monoisotopic (exact) mass is 488 g/mol. The second kappa shape index (κ2) is 9.10. The minimum absolute atomic E-state index is 0.196. The number of ether oxygens (including phenoxy) is 3. The van der Waals surface area contributed by atoms with E-state index in [1.54, 1.807) is 0 Å². The van der Waals surface area contributed by atoms with E-state index in [0.29, 0.717) is 42.6 Å². The molecule has 0 radical (unpaired) electrons. The summed E-state index contributed by atoms with van der Waals surface area (Å²) in [6, 6.07) is 1.42. The molecule has 0 amide bonds. The maximum atomic E-state index is 13.3. The maximum Gasteiger partial charge on any atom is 0.336 e. The van der Waals surface area contributed by atoms with Gasteiger partial charge in [0.2, 0.25) is 0 Å². The molecule has 8 heteroatoms. The van der Waals surface area contributed by atoms with E-state index in [2.05, 4.69) is 0 Å². The SMILES string of the molecule is CCCC(=O)O[C@@H]1c2c(cc(=O)oc2C(C)C)[C@]2(C)[C@H]3[C@@H]1OC(=O)[C@@]3(C)CC[C@H]2OC(=O)CCC. The molecule has 1 saturated heterocycles. The molecule has 2 heterocycles. The molecule has 0 bridgehead atoms. The topological polar surface area (TPSA) is 109 Å². The molecule has 8 nitrogen and oxygen atoms in total. The summed E-state index contributed by atoms with van der Waals surface area (Å²) in [6.07, 6.45) is 0.447. The Hall–Kier alpha value is -2.64. The van der Waals surface area contributed by atoms with Gasteiger partial charge in [-0.15, -0.1) is 0 Å². The van der Waals surface area contributed by atoms with Crippen LogP contribution in [0.25, 0.3) is 0 Å². The van der Waals surface area contributed by atoms with Crippen LogP contribution in [-0.2, 0) is 34.0 Å². The van der Waals surface area contributed by atoms with Crippen LogP contribution >= 0.6 is 0 Å². The summed E-state index contributed by atoms with van der Waals surface area (Å²) in [5.74, 6) is -1.32. The average molecular weight is 489 g/mol. The first-order valence-corrected chi connectivity index (χ1v) is 12.8. The summed E-state index contributed by atoms with van der Waals surface area (Å²) < 4.78 is 23.6. The molecule has 6 atom stereocenters. The van der Waals surface area contributed by atoms with Crippen molar-refractivity contribution in [3.05, 3.63) is 33.4 Å². The van der Waals surface area contributed by atoms with Gasteiger partial charge in [0.05, 0.1) is 5.41 Å². The molecule has 3 aliphatic rings. The smallest absolute Gasteiger partial charge is 0.336 e. The van der Waals surface area contributed by atoms with E-state index in [9.17, 15) is 19.2 Å². The molecule has 1 aromatic heterocycles. The highest BCUT2D eigenvalue weighted by atomic mass is 16.6. The molecule has 0 N–H and O–H groups in total. The zero-order chi connectivity index (χ0) is 25.7. The van der Waals surface area contributed by atoms with E-state index in [-0.39, 0.29) is 30.7 Å². The summed E-state index contributed by atoms with van der Waals surface area (Å²) in [5.41, 5.74) is -1.12. The second-order valence-corrected chi connectivity index (χ2v) is 10.9. The molecule has 2 aliphatic carbocycles. The third-order valence-corrected chi connectivity index (χ3v) is 8.12. The quantitative estimate of drug-likeness (QED) is 0.408. The third kappa shape index (κ3) is 3.89. The van der Waals surface area contributed by atoms with Gasteiger partial charge in [-0.05, 0) is 38.2 Å². The van der Waals surface area contributed by atoms with Gasteiger partial charge >= 0.3 is 23.5 Å². The van der Waals surface area contributed by atoms with Gasteiger partial charge in [0.1, 0.15) is 18.0 Å². The fourth-order valence-corrected chi connectivity index (χ4v) is 6.57. The van der Waals surface area contributed by atoms with Crippen LogP contribution in [0.4, 0.5) is 0 Å². The van der Waals surface area contributed by atoms with Crippen LogP contribution < -0.4 is 5.63 Å². The van der Waals surface area contributed by atoms with Gasteiger partial charge in [-0.25, -0.2) is 4.79 Å². The van der Waals surface area contributed by atoms with Crippen LogP contribution in [0, 0.1) is 11.3 Å². The molecule has 0 spiro atoms. The van der Waals surface area contributed by atoms with Crippen LogP contribution in [-0.4, -0.2) is 30.1 Å². The Morgan fingerprint density at radius 2 is 1.71 bits per heavy atom. The Bertz CT molecular complexity index is 1090. The normalized spacial score (nSPS) is 33.1. The van der Waals surface area contributed by atoms with Crippen molar-refractivity contribution in [1.82, 2.24) is 0 Å². The van der Waals surface area contributed by atoms with Gasteiger partial charge < -0.3 is 18.6 Å². The summed E-state index contributed by atoms with van der Waals surface area (Å²) in [6.45, 7) is 11.4. The van der Waals surface area contributed by atoms with Crippen LogP contribution in [0.3, 0.4) is 0 Å². The molecule has 0 aromatic carbocycles. The van der Waals surface area contributed by atoms with Gasteiger partial charge in [0.15, 0.2) is 6.10 Å². The number of rotatable bonds is 7. The number of esters is 3. The first-order valence-electron chi connectivity index (χ1n) is 12.8. The van der Waals surface area contributed by atoms with Crippen LogP contribution in [0.1, 0.15) is 109 Å². The average Bonchev–Trinajstić information content (AvgIpc) is 3.05. The van der Waals surface area contributed by atoms with Crippen molar-refractivity contribution in [3.63, 3.8) is 0 Å². The van der Waals surface area contributed by atoms with E-state index < -0.39 is 46.7 Å². The number of carbonyl (C=O) groups excluding carboxylic acids is 3. The van der Waals surface area contributed by atoms with Crippen LogP contribution in [0.2, 0.25) is 0 Å². The van der Waals surface area contributed by atoms with Crippen molar-refractivity contribution in [2.24, 2.45) is 11.3 Å². The molecule has 1 aliphatic heterocycles. The van der Waals surface area contributed by atoms with E-state index in [0.717, 1.165) is 0 Å². The highest BCUT2D eigenvalue weighted by molar-refractivity contribution is 5.81. The number of carbonyl (C=O) groups is 3. The van der Waals surface area contributed by atoms with Crippen LogP contribution in [0.5, 0.6) is 0 Å². The van der Waals surface area contributed by atoms with Gasteiger partial charge in [-0.2, -0.15) is 0 Å². The Morgan fingerprint density at radius 1 is 1.09 bits per heavy atom. The Labute approximate surface area is 205 Å². The minimum atomic E-state index is -0.907. The minimum Gasteiger partial charge on any atom is -0.461 e. The largest absolute Gasteiger partial charge is 0.461 e. The zero-order valence-electron chi connectivity index (χ0n) is 21.5. The highest BCUT2D eigenvalue weighted by Crippen LogP contribution is 2.65. The number of hydrogen-bond acceptors (Lipinski definition) is 8. The molecule has 2 fully saturated rings. The van der Waals surface area contributed by atoms with Crippen molar-refractivity contribution in [3.8, 4) is 0 Å². The molecule has 1 aromatic rings. The molecule has 192 valence electrons. The van der Waals surface area contributed by atoms with Crippen molar-refractivity contribution < 1.29 is 33.0 Å². The van der Waals surface area contributed by atoms with E-state index >= 15 is 0 Å². The lowest BCUT2D eigenvalue weighted by molar-refractivity contribution is -0.173. The zero-order valence-corrected chi connectivity index (χ0v) is 21.5. The first-order chi connectivity index (χ1) is 16.5. The third-order valence-electron chi connectivity index (χ3n) is 8.12. The predicted octanol–water partition coefficient (Wildman–Crippen LogP) is 4.47. The van der Waals surface area contributed by atoms with E-state index in [4.69, 9.17) is 18.6 Å². The Kier molecular flexibility index (Phi) is 6.62. The summed E-state index contributed by atoms with van der Waals surface area (Å²) in [4.78, 5) is 51.4. The lowest BCUT2D eigenvalue weighted by Crippen LogP contribution is -2.61. The van der Waals surface area contributed by atoms with Crippen molar-refractivity contribution in [2.75, 3.05) is 0 Å². The molecule has 0 unspecified atom stereocenters. The van der Waals surface area contributed by atoms with Gasteiger partial charge in [0.25, 0.3) is 0 Å². The first kappa shape index (κ1) is 25.5. The van der Waals surface area contributed by atoms with Gasteiger partial charge in [-0.3, -0.25) is 14.4 Å². The molecule has 1 saturated carbocycles. The number of hydrogen-bond donors (Lipinski definition) is 0. The van der Waals surface area contributed by atoms with Crippen molar-refractivity contribution in [2.45, 2.75) is 110 Å². The summed E-state index contributed by atoms with van der Waals surface area (Å²) in [7, 11) is 0. The fraction of sp³-hybridized carbons (Fsp3) is 0.704. The second-order valence-electron chi connectivity index (χ2n) is 10.9. The summed E-state index contributed by atoms with van der Waals surface area (Å²) in [5, 5.41) is 0. The van der Waals surface area contributed by atoms with E-state index in [1.807, 2.05) is 41.5 Å². The lowest BCUT2D eigenvalue weighted by atomic mass is 9.48. The molecular formula is C27H36O8. The van der Waals surface area contributed by atoms with Crippen molar-refractivity contribution in [1.29, 1.82) is 0 Å². The Balaban J connectivity index is 1.97. The maximum absolute atomic E-state index is 13.3. The molecule has 4 rings (SSSR count). The molecule has 35 heavy (non-hydrogen) atoms.